The van der Waals surface area contributed by atoms with E-state index in [1.807, 2.05) is 18.5 Å². The maximum absolute atomic E-state index is 9.55. The van der Waals surface area contributed by atoms with Gasteiger partial charge in [0.1, 0.15) is 0 Å². The Morgan fingerprint density at radius 2 is 1.79 bits per heavy atom. The molecule has 152 valence electrons. The zero-order chi connectivity index (χ0) is 20.8. The second-order valence-corrected chi connectivity index (χ2v) is 8.05. The van der Waals surface area contributed by atoms with Crippen LogP contribution < -0.4 is 10.6 Å². The molecule has 2 heterocycles. The molecule has 0 bridgehead atoms. The van der Waals surface area contributed by atoms with Crippen molar-refractivity contribution in [3.8, 4) is 0 Å². The maximum atomic E-state index is 9.55. The Balaban J connectivity index is 0.000000258. The van der Waals surface area contributed by atoms with E-state index in [1.165, 1.54) is 28.3 Å². The second kappa shape index (κ2) is 9.58. The molecule has 3 atom stereocenters. The fourth-order valence-electron chi connectivity index (χ4n) is 3.54. The molecule has 0 spiro atoms. The van der Waals surface area contributed by atoms with Crippen LogP contribution in [0, 0.1) is 5.92 Å². The van der Waals surface area contributed by atoms with Crippen molar-refractivity contribution < 1.29 is 19.8 Å². The van der Waals surface area contributed by atoms with E-state index in [4.69, 9.17) is 15.9 Å². The van der Waals surface area contributed by atoms with E-state index in [0.717, 1.165) is 12.5 Å². The van der Waals surface area contributed by atoms with Crippen molar-refractivity contribution in [1.82, 2.24) is 4.98 Å². The molecule has 4 N–H and O–H groups in total. The minimum Gasteiger partial charge on any atom is -0.478 e. The summed E-state index contributed by atoms with van der Waals surface area (Å²) in [6, 6.07) is 13.9. The first-order valence-corrected chi connectivity index (χ1v) is 10.1. The summed E-state index contributed by atoms with van der Waals surface area (Å²) in [4.78, 5) is 28.5. The van der Waals surface area contributed by atoms with Crippen LogP contribution in [0.25, 0.3) is 0 Å². The molecule has 4 rings (SSSR count). The summed E-state index contributed by atoms with van der Waals surface area (Å²) in [5.41, 5.74) is 7.17. The zero-order valence-electron chi connectivity index (χ0n) is 15.7. The molecule has 29 heavy (non-hydrogen) atoms. The van der Waals surface area contributed by atoms with E-state index in [1.54, 1.807) is 11.8 Å². The minimum absolute atomic E-state index is 0.493. The molecule has 0 amide bonds. The van der Waals surface area contributed by atoms with Crippen molar-refractivity contribution in [2.75, 3.05) is 11.4 Å². The topological polar surface area (TPSA) is 117 Å². The molecule has 2 aliphatic rings. The van der Waals surface area contributed by atoms with Gasteiger partial charge in [0, 0.05) is 46.8 Å². The SMILES string of the molecule is NCC1CC2CC2N1c1cncc(Sc2ccccc2)c1.O=C(O)C=CC(=O)O. The number of fused-ring (bicyclic) bond motifs is 1. The van der Waals surface area contributed by atoms with Gasteiger partial charge in [-0.2, -0.15) is 0 Å². The summed E-state index contributed by atoms with van der Waals surface area (Å²) in [6.07, 6.45) is 7.62. The quantitative estimate of drug-likeness (QED) is 0.619. The fraction of sp³-hybridized carbons (Fsp3) is 0.286. The minimum atomic E-state index is -1.26. The first kappa shape index (κ1) is 20.9. The Morgan fingerprint density at radius 1 is 1.10 bits per heavy atom. The smallest absolute Gasteiger partial charge is 0.328 e. The van der Waals surface area contributed by atoms with Crippen LogP contribution in [0.4, 0.5) is 5.69 Å². The summed E-state index contributed by atoms with van der Waals surface area (Å²) < 4.78 is 0. The lowest BCUT2D eigenvalue weighted by Crippen LogP contribution is -2.38. The molecule has 1 aromatic heterocycles. The van der Waals surface area contributed by atoms with Crippen LogP contribution in [-0.4, -0.2) is 45.8 Å². The lowest BCUT2D eigenvalue weighted by atomic mass is 10.1. The van der Waals surface area contributed by atoms with Gasteiger partial charge in [0.2, 0.25) is 0 Å². The van der Waals surface area contributed by atoms with Gasteiger partial charge in [0.15, 0.2) is 0 Å². The third kappa shape index (κ3) is 5.82. The highest BCUT2D eigenvalue weighted by molar-refractivity contribution is 7.99. The normalized spacial score (nSPS) is 22.0. The van der Waals surface area contributed by atoms with Gasteiger partial charge in [-0.15, -0.1) is 0 Å². The molecule has 2 aromatic rings. The highest BCUT2D eigenvalue weighted by Gasteiger charge is 2.51. The van der Waals surface area contributed by atoms with Crippen molar-refractivity contribution in [1.29, 1.82) is 0 Å². The van der Waals surface area contributed by atoms with E-state index >= 15 is 0 Å². The van der Waals surface area contributed by atoms with Crippen LogP contribution >= 0.6 is 11.8 Å². The Labute approximate surface area is 173 Å². The van der Waals surface area contributed by atoms with Gasteiger partial charge in [-0.25, -0.2) is 9.59 Å². The van der Waals surface area contributed by atoms with E-state index in [-0.39, 0.29) is 0 Å². The van der Waals surface area contributed by atoms with Crippen LogP contribution in [0.3, 0.4) is 0 Å². The number of carbonyl (C=O) groups is 2. The lowest BCUT2D eigenvalue weighted by molar-refractivity contribution is -0.134. The van der Waals surface area contributed by atoms with Crippen LogP contribution in [0.5, 0.6) is 0 Å². The summed E-state index contributed by atoms with van der Waals surface area (Å²) in [7, 11) is 0. The zero-order valence-corrected chi connectivity index (χ0v) is 16.5. The summed E-state index contributed by atoms with van der Waals surface area (Å²) in [5, 5.41) is 15.6. The average molecular weight is 413 g/mol. The van der Waals surface area contributed by atoms with Crippen LogP contribution in [0.1, 0.15) is 12.8 Å². The van der Waals surface area contributed by atoms with E-state index in [2.05, 4.69) is 40.2 Å². The van der Waals surface area contributed by atoms with Crippen molar-refractivity contribution in [2.24, 2.45) is 11.7 Å². The summed E-state index contributed by atoms with van der Waals surface area (Å²) in [6.45, 7) is 0.739. The van der Waals surface area contributed by atoms with Crippen LogP contribution in [-0.2, 0) is 9.59 Å². The standard InChI is InChI=1S/C17H19N3S.C4H4O4/c18-9-13-6-12-7-17(12)20(13)14-8-16(11-19-10-14)21-15-4-2-1-3-5-15;5-3(6)1-2-4(7)8/h1-5,8,10-13,17H,6-7,9,18H2;1-2H,(H,5,6)(H,7,8). The molecule has 1 aliphatic heterocycles. The monoisotopic (exact) mass is 413 g/mol. The number of aliphatic carboxylic acids is 2. The largest absolute Gasteiger partial charge is 0.478 e. The predicted molar refractivity (Wildman–Crippen MR) is 111 cm³/mol. The van der Waals surface area contributed by atoms with Gasteiger partial charge < -0.3 is 20.8 Å². The molecular weight excluding hydrogens is 390 g/mol. The van der Waals surface area contributed by atoms with Gasteiger partial charge >= 0.3 is 11.9 Å². The number of nitrogens with two attached hydrogens (primary N) is 1. The average Bonchev–Trinajstić information content (AvgIpc) is 3.37. The van der Waals surface area contributed by atoms with Crippen molar-refractivity contribution >= 4 is 29.4 Å². The van der Waals surface area contributed by atoms with Gasteiger partial charge in [0.25, 0.3) is 0 Å². The molecule has 8 heteroatoms. The number of carboxylic acids is 2. The highest BCUT2D eigenvalue weighted by Crippen LogP contribution is 2.49. The number of hydrogen-bond acceptors (Lipinski definition) is 6. The van der Waals surface area contributed by atoms with Crippen LogP contribution in [0.2, 0.25) is 0 Å². The van der Waals surface area contributed by atoms with Gasteiger partial charge in [-0.1, -0.05) is 30.0 Å². The Morgan fingerprint density at radius 3 is 2.41 bits per heavy atom. The molecule has 0 radical (unpaired) electrons. The predicted octanol–water partition coefficient (Wildman–Crippen LogP) is 2.87. The molecule has 2 fully saturated rings. The number of anilines is 1. The lowest BCUT2D eigenvalue weighted by Gasteiger charge is -2.28. The third-order valence-electron chi connectivity index (χ3n) is 4.83. The Bertz CT molecular complexity index is 875. The number of benzene rings is 1. The summed E-state index contributed by atoms with van der Waals surface area (Å²) >= 11 is 1.76. The number of carboxylic acid groups (broad SMARTS) is 2. The number of rotatable bonds is 6. The van der Waals surface area contributed by atoms with Gasteiger partial charge in [-0.05, 0) is 37.0 Å². The fourth-order valence-corrected chi connectivity index (χ4v) is 4.40. The molecule has 7 nitrogen and oxygen atoms in total. The number of pyridine rings is 1. The number of aromatic nitrogens is 1. The molecule has 1 saturated heterocycles. The molecule has 3 unspecified atom stereocenters. The molecule has 1 aliphatic carbocycles. The van der Waals surface area contributed by atoms with E-state index in [0.29, 0.717) is 24.2 Å². The van der Waals surface area contributed by atoms with Crippen molar-refractivity contribution in [3.05, 3.63) is 60.9 Å². The van der Waals surface area contributed by atoms with Gasteiger partial charge in [0.05, 0.1) is 11.9 Å². The first-order valence-electron chi connectivity index (χ1n) is 9.28. The maximum Gasteiger partial charge on any atom is 0.328 e. The number of piperidine rings is 1. The molecular formula is C21H23N3O4S. The highest BCUT2D eigenvalue weighted by atomic mass is 32.2. The number of hydrogen-bond donors (Lipinski definition) is 3. The Kier molecular flexibility index (Phi) is 6.90. The molecule has 1 aromatic carbocycles. The summed E-state index contributed by atoms with van der Waals surface area (Å²) in [5.74, 6) is -1.65. The second-order valence-electron chi connectivity index (χ2n) is 6.90. The van der Waals surface area contributed by atoms with Crippen molar-refractivity contribution in [2.45, 2.75) is 34.7 Å². The number of nitrogens with zero attached hydrogens (tertiary/aromatic N) is 2. The van der Waals surface area contributed by atoms with Crippen LogP contribution in [0.15, 0.2) is 70.7 Å². The molecule has 1 saturated carbocycles. The Hall–Kier alpha value is -2.84. The first-order chi connectivity index (χ1) is 14.0. The van der Waals surface area contributed by atoms with E-state index in [9.17, 15) is 9.59 Å². The van der Waals surface area contributed by atoms with Crippen molar-refractivity contribution in [3.63, 3.8) is 0 Å². The van der Waals surface area contributed by atoms with Gasteiger partial charge in [-0.3, -0.25) is 4.98 Å². The van der Waals surface area contributed by atoms with E-state index < -0.39 is 11.9 Å². The third-order valence-corrected chi connectivity index (χ3v) is 5.79.